The van der Waals surface area contributed by atoms with Gasteiger partial charge in [0.15, 0.2) is 6.61 Å². The summed E-state index contributed by atoms with van der Waals surface area (Å²) in [5, 5.41) is 16.7. The van der Waals surface area contributed by atoms with Gasteiger partial charge >= 0.3 is 0 Å². The first-order valence-electron chi connectivity index (χ1n) is 6.88. The van der Waals surface area contributed by atoms with Gasteiger partial charge in [-0.25, -0.2) is 0 Å². The average molecular weight is 307 g/mol. The molecule has 0 aliphatic heterocycles. The van der Waals surface area contributed by atoms with E-state index in [9.17, 15) is 0 Å². The second kappa shape index (κ2) is 6.62. The molecular formula is C17H13N3O3. The molecule has 0 amide bonds. The lowest BCUT2D eigenvalue weighted by molar-refractivity contribution is 0.264. The van der Waals surface area contributed by atoms with Crippen LogP contribution >= 0.6 is 0 Å². The van der Waals surface area contributed by atoms with Crippen molar-refractivity contribution in [2.24, 2.45) is 0 Å². The van der Waals surface area contributed by atoms with Gasteiger partial charge in [-0.3, -0.25) is 0 Å². The van der Waals surface area contributed by atoms with Crippen molar-refractivity contribution in [3.63, 3.8) is 0 Å². The molecule has 0 spiro atoms. The lowest BCUT2D eigenvalue weighted by Crippen LogP contribution is -1.95. The van der Waals surface area contributed by atoms with Crippen molar-refractivity contribution in [1.82, 2.24) is 10.2 Å². The number of methoxy groups -OCH3 is 1. The Hall–Kier alpha value is -3.33. The highest BCUT2D eigenvalue weighted by Gasteiger charge is 2.09. The first-order valence-corrected chi connectivity index (χ1v) is 6.88. The molecule has 0 unspecified atom stereocenters. The van der Waals surface area contributed by atoms with Gasteiger partial charge in [-0.1, -0.05) is 0 Å². The summed E-state index contributed by atoms with van der Waals surface area (Å²) in [5.74, 6) is 2.19. The normalized spacial score (nSPS) is 10.1. The molecule has 1 aromatic heterocycles. The van der Waals surface area contributed by atoms with Crippen molar-refractivity contribution in [1.29, 1.82) is 5.26 Å². The monoisotopic (exact) mass is 307 g/mol. The third-order valence-electron chi connectivity index (χ3n) is 3.15. The summed E-state index contributed by atoms with van der Waals surface area (Å²) in [7, 11) is 1.61. The number of rotatable bonds is 5. The van der Waals surface area contributed by atoms with Crippen LogP contribution in [-0.4, -0.2) is 17.3 Å². The van der Waals surface area contributed by atoms with Gasteiger partial charge in [-0.15, -0.1) is 10.2 Å². The number of nitriles is 1. The minimum absolute atomic E-state index is 0.162. The zero-order valence-corrected chi connectivity index (χ0v) is 12.4. The SMILES string of the molecule is COc1ccc(-c2nnc(COc3ccc(C#N)cc3)o2)cc1. The maximum absolute atomic E-state index is 8.75. The summed E-state index contributed by atoms with van der Waals surface area (Å²) in [6.45, 7) is 0.162. The molecule has 0 aliphatic rings. The van der Waals surface area contributed by atoms with Crippen molar-refractivity contribution in [2.75, 3.05) is 7.11 Å². The van der Waals surface area contributed by atoms with Crippen LogP contribution in [0.2, 0.25) is 0 Å². The molecule has 2 aromatic carbocycles. The fourth-order valence-electron chi connectivity index (χ4n) is 1.93. The summed E-state index contributed by atoms with van der Waals surface area (Å²) in [5.41, 5.74) is 1.39. The Kier molecular flexibility index (Phi) is 4.20. The Balaban J connectivity index is 1.65. The number of hydrogen-bond acceptors (Lipinski definition) is 6. The Morgan fingerprint density at radius 2 is 1.70 bits per heavy atom. The number of benzene rings is 2. The number of aromatic nitrogens is 2. The van der Waals surface area contributed by atoms with Gasteiger partial charge in [0.05, 0.1) is 18.7 Å². The summed E-state index contributed by atoms with van der Waals surface area (Å²) < 4.78 is 16.2. The molecule has 114 valence electrons. The summed E-state index contributed by atoms with van der Waals surface area (Å²) in [4.78, 5) is 0. The maximum Gasteiger partial charge on any atom is 0.254 e. The van der Waals surface area contributed by atoms with Crippen LogP contribution in [0.25, 0.3) is 11.5 Å². The van der Waals surface area contributed by atoms with Gasteiger partial charge < -0.3 is 13.9 Å². The van der Waals surface area contributed by atoms with Crippen LogP contribution in [0.1, 0.15) is 11.5 Å². The molecular weight excluding hydrogens is 294 g/mol. The largest absolute Gasteiger partial charge is 0.497 e. The second-order valence-electron chi connectivity index (χ2n) is 4.65. The zero-order chi connectivity index (χ0) is 16.1. The van der Waals surface area contributed by atoms with E-state index in [0.29, 0.717) is 23.1 Å². The summed E-state index contributed by atoms with van der Waals surface area (Å²) in [6.07, 6.45) is 0. The minimum atomic E-state index is 0.162. The molecule has 3 rings (SSSR count). The van der Waals surface area contributed by atoms with Crippen LogP contribution in [0, 0.1) is 11.3 Å². The predicted octanol–water partition coefficient (Wildman–Crippen LogP) is 3.20. The van der Waals surface area contributed by atoms with Gasteiger partial charge in [0.25, 0.3) is 5.89 Å². The fraction of sp³-hybridized carbons (Fsp3) is 0.118. The third-order valence-corrected chi connectivity index (χ3v) is 3.15. The molecule has 6 nitrogen and oxygen atoms in total. The minimum Gasteiger partial charge on any atom is -0.497 e. The molecule has 1 heterocycles. The second-order valence-corrected chi connectivity index (χ2v) is 4.65. The Morgan fingerprint density at radius 1 is 1.00 bits per heavy atom. The molecule has 0 fully saturated rings. The number of hydrogen-bond donors (Lipinski definition) is 0. The molecule has 0 atom stereocenters. The van der Waals surface area contributed by atoms with E-state index < -0.39 is 0 Å². The molecule has 0 aliphatic carbocycles. The Labute approximate surface area is 132 Å². The number of ether oxygens (including phenoxy) is 2. The summed E-state index contributed by atoms with van der Waals surface area (Å²) in [6, 6.07) is 16.2. The van der Waals surface area contributed by atoms with E-state index in [1.807, 2.05) is 24.3 Å². The number of nitrogens with zero attached hydrogens (tertiary/aromatic N) is 3. The lowest BCUT2D eigenvalue weighted by Gasteiger charge is -2.02. The highest BCUT2D eigenvalue weighted by atomic mass is 16.5. The molecule has 0 bridgehead atoms. The van der Waals surface area contributed by atoms with Crippen LogP contribution in [0.15, 0.2) is 52.9 Å². The first kappa shape index (κ1) is 14.6. The average Bonchev–Trinajstić information content (AvgIpc) is 3.09. The van der Waals surface area contributed by atoms with E-state index in [1.165, 1.54) is 0 Å². The lowest BCUT2D eigenvalue weighted by atomic mass is 10.2. The van der Waals surface area contributed by atoms with E-state index >= 15 is 0 Å². The molecule has 0 saturated heterocycles. The van der Waals surface area contributed by atoms with Crippen LogP contribution < -0.4 is 9.47 Å². The van der Waals surface area contributed by atoms with Gasteiger partial charge in [0.1, 0.15) is 11.5 Å². The van der Waals surface area contributed by atoms with Gasteiger partial charge in [-0.2, -0.15) is 5.26 Å². The van der Waals surface area contributed by atoms with Crippen LogP contribution in [0.5, 0.6) is 11.5 Å². The van der Waals surface area contributed by atoms with Crippen molar-refractivity contribution in [2.45, 2.75) is 6.61 Å². The van der Waals surface area contributed by atoms with Gasteiger partial charge in [-0.05, 0) is 48.5 Å². The van der Waals surface area contributed by atoms with E-state index in [0.717, 1.165) is 11.3 Å². The predicted molar refractivity (Wildman–Crippen MR) is 81.8 cm³/mol. The standard InChI is InChI=1S/C17H13N3O3/c1-21-14-8-4-13(5-9-14)17-20-19-16(23-17)11-22-15-6-2-12(10-18)3-7-15/h2-9H,11H2,1H3. The van der Waals surface area contributed by atoms with Crippen molar-refractivity contribution < 1.29 is 13.9 Å². The molecule has 0 radical (unpaired) electrons. The van der Waals surface area contributed by atoms with E-state index in [2.05, 4.69) is 16.3 Å². The van der Waals surface area contributed by atoms with E-state index in [1.54, 1.807) is 31.4 Å². The molecule has 23 heavy (non-hydrogen) atoms. The quantitative estimate of drug-likeness (QED) is 0.720. The molecule has 0 saturated carbocycles. The molecule has 3 aromatic rings. The van der Waals surface area contributed by atoms with Crippen molar-refractivity contribution >= 4 is 0 Å². The maximum atomic E-state index is 8.75. The van der Waals surface area contributed by atoms with Gasteiger partial charge in [0, 0.05) is 5.56 Å². The molecule has 6 heteroatoms. The topological polar surface area (TPSA) is 81.2 Å². The van der Waals surface area contributed by atoms with Crippen molar-refractivity contribution in [3.8, 4) is 29.0 Å². The highest BCUT2D eigenvalue weighted by Crippen LogP contribution is 2.21. The molecule has 0 N–H and O–H groups in total. The Bertz CT molecular complexity index is 818. The Morgan fingerprint density at radius 3 is 2.35 bits per heavy atom. The highest BCUT2D eigenvalue weighted by molar-refractivity contribution is 5.53. The van der Waals surface area contributed by atoms with Crippen LogP contribution in [0.3, 0.4) is 0 Å². The fourth-order valence-corrected chi connectivity index (χ4v) is 1.93. The first-order chi connectivity index (χ1) is 11.3. The van der Waals surface area contributed by atoms with Gasteiger partial charge in [0.2, 0.25) is 5.89 Å². The zero-order valence-electron chi connectivity index (χ0n) is 12.4. The van der Waals surface area contributed by atoms with Crippen molar-refractivity contribution in [3.05, 3.63) is 60.0 Å². The van der Waals surface area contributed by atoms with E-state index in [-0.39, 0.29) is 6.61 Å². The third kappa shape index (κ3) is 3.47. The van der Waals surface area contributed by atoms with E-state index in [4.69, 9.17) is 19.2 Å². The van der Waals surface area contributed by atoms with Crippen LogP contribution in [-0.2, 0) is 6.61 Å². The summed E-state index contributed by atoms with van der Waals surface area (Å²) >= 11 is 0. The van der Waals surface area contributed by atoms with Crippen LogP contribution in [0.4, 0.5) is 0 Å². The smallest absolute Gasteiger partial charge is 0.254 e.